The minimum Gasteiger partial charge on any atom is -0.499 e. The third kappa shape index (κ3) is 1.69. The standard InChI is InChI=1S/C18H21NO4/c1-21-15-9-18-4-2-5-19(18)6-3-11-7-13-14(23-10-22-13)8-12(11)16(18)17(15)20/h7-9,16-17,20H,2-6,10H2,1H3/t16?,17-,18+/m1/s1/i1D3,5D2. The summed E-state index contributed by atoms with van der Waals surface area (Å²) in [5.41, 5.74) is 0.932. The van der Waals surface area contributed by atoms with Crippen molar-refractivity contribution in [2.24, 2.45) is 0 Å². The molecule has 122 valence electrons. The fourth-order valence-electron chi connectivity index (χ4n) is 4.56. The Kier molecular flexibility index (Phi) is 1.93. The molecular weight excluding hydrogens is 294 g/mol. The first kappa shape index (κ1) is 9.55. The van der Waals surface area contributed by atoms with Crippen molar-refractivity contribution in [1.29, 1.82) is 0 Å². The Balaban J connectivity index is 1.67. The maximum absolute atomic E-state index is 11.1. The molecule has 1 saturated heterocycles. The number of aliphatic hydroxyl groups excluding tert-OH is 1. The first-order valence-electron chi connectivity index (χ1n) is 10.4. The van der Waals surface area contributed by atoms with Crippen LogP contribution in [0, 0.1) is 0 Å². The molecule has 4 aliphatic rings. The van der Waals surface area contributed by atoms with Gasteiger partial charge in [0.1, 0.15) is 11.9 Å². The van der Waals surface area contributed by atoms with E-state index in [2.05, 4.69) is 0 Å². The molecule has 23 heavy (non-hydrogen) atoms. The van der Waals surface area contributed by atoms with Crippen LogP contribution in [0.1, 0.15) is 36.7 Å². The lowest BCUT2D eigenvalue weighted by Gasteiger charge is -2.38. The molecule has 0 saturated carbocycles. The summed E-state index contributed by atoms with van der Waals surface area (Å²) in [7, 11) is -2.69. The quantitative estimate of drug-likeness (QED) is 0.855. The van der Waals surface area contributed by atoms with Crippen molar-refractivity contribution >= 4 is 0 Å². The highest BCUT2D eigenvalue weighted by molar-refractivity contribution is 5.54. The van der Waals surface area contributed by atoms with E-state index in [-0.39, 0.29) is 12.6 Å². The average Bonchev–Trinajstić information content (AvgIpc) is 3.18. The van der Waals surface area contributed by atoms with Crippen molar-refractivity contribution in [1.82, 2.24) is 4.90 Å². The molecule has 0 aromatic heterocycles. The first-order valence-corrected chi connectivity index (χ1v) is 7.91. The molecule has 3 atom stereocenters. The molecule has 3 aliphatic heterocycles. The lowest BCUT2D eigenvalue weighted by atomic mass is 9.78. The third-order valence-electron chi connectivity index (χ3n) is 5.56. The molecule has 1 fully saturated rings. The van der Waals surface area contributed by atoms with Gasteiger partial charge < -0.3 is 19.3 Å². The number of ether oxygens (including phenoxy) is 3. The Bertz CT molecular complexity index is 870. The Morgan fingerprint density at radius 1 is 1.43 bits per heavy atom. The lowest BCUT2D eigenvalue weighted by Crippen LogP contribution is -2.46. The Hall–Kier alpha value is -1.72. The number of nitrogens with zero attached hydrogens (tertiary/aromatic N) is 1. The van der Waals surface area contributed by atoms with E-state index in [1.165, 1.54) is 0 Å². The number of methoxy groups -OCH3 is 1. The summed E-state index contributed by atoms with van der Waals surface area (Å²) in [4.78, 5) is 1.76. The molecule has 0 amide bonds. The molecule has 0 bridgehead atoms. The summed E-state index contributed by atoms with van der Waals surface area (Å²) in [6, 6.07) is 3.73. The summed E-state index contributed by atoms with van der Waals surface area (Å²) in [5, 5.41) is 11.1. The first-order chi connectivity index (χ1) is 13.1. The predicted octanol–water partition coefficient (Wildman–Crippen LogP) is 1.79. The molecule has 1 unspecified atom stereocenters. The second kappa shape index (κ2) is 4.65. The maximum atomic E-state index is 11.1. The van der Waals surface area contributed by atoms with Crippen molar-refractivity contribution in [3.63, 3.8) is 0 Å². The summed E-state index contributed by atoms with van der Waals surface area (Å²) < 4.78 is 55.4. The van der Waals surface area contributed by atoms with Crippen LogP contribution in [0.5, 0.6) is 11.5 Å². The van der Waals surface area contributed by atoms with Crippen LogP contribution in [-0.2, 0) is 11.2 Å². The number of rotatable bonds is 1. The van der Waals surface area contributed by atoms with Gasteiger partial charge in [-0.15, -0.1) is 0 Å². The molecule has 1 aromatic rings. The van der Waals surface area contributed by atoms with Gasteiger partial charge in [0.25, 0.3) is 0 Å². The van der Waals surface area contributed by atoms with E-state index >= 15 is 0 Å². The van der Waals surface area contributed by atoms with Crippen molar-refractivity contribution in [3.8, 4) is 11.5 Å². The molecule has 5 heteroatoms. The average molecular weight is 320 g/mol. The van der Waals surface area contributed by atoms with Crippen LogP contribution in [0.15, 0.2) is 24.0 Å². The molecule has 1 aliphatic carbocycles. The zero-order valence-electron chi connectivity index (χ0n) is 17.5. The molecule has 1 spiro atoms. The van der Waals surface area contributed by atoms with Gasteiger partial charge in [0, 0.05) is 15.2 Å². The number of aliphatic hydroxyl groups is 1. The minimum atomic E-state index is -2.69. The zero-order valence-corrected chi connectivity index (χ0v) is 12.5. The second-order valence-electron chi connectivity index (χ2n) is 6.53. The second-order valence-corrected chi connectivity index (χ2v) is 6.53. The number of hydrogen-bond acceptors (Lipinski definition) is 5. The minimum absolute atomic E-state index is 0.0155. The summed E-state index contributed by atoms with van der Waals surface area (Å²) >= 11 is 0. The number of hydrogen-bond donors (Lipinski definition) is 1. The van der Waals surface area contributed by atoms with E-state index in [1.807, 2.05) is 12.1 Å². The van der Waals surface area contributed by atoms with Crippen molar-refractivity contribution in [2.75, 3.05) is 26.9 Å². The fraction of sp³-hybridized carbons (Fsp3) is 0.556. The SMILES string of the molecule is [2H]C([2H])([2H])OC1=C[C@]23CCC([2H])([2H])N2CCc2cc4c(cc2C3[C@@H]1O)OCO4. The highest BCUT2D eigenvalue weighted by Gasteiger charge is 2.56. The van der Waals surface area contributed by atoms with Gasteiger partial charge in [-0.3, -0.25) is 4.90 Å². The number of benzene rings is 1. The van der Waals surface area contributed by atoms with E-state index in [1.54, 1.807) is 11.0 Å². The molecule has 5 rings (SSSR count). The maximum Gasteiger partial charge on any atom is 0.231 e. The molecule has 1 N–H and O–H groups in total. The van der Waals surface area contributed by atoms with E-state index in [9.17, 15) is 5.11 Å². The van der Waals surface area contributed by atoms with Crippen LogP contribution in [0.3, 0.4) is 0 Å². The largest absolute Gasteiger partial charge is 0.499 e. The monoisotopic (exact) mass is 320 g/mol. The molecule has 5 nitrogen and oxygen atoms in total. The Morgan fingerprint density at radius 2 is 2.30 bits per heavy atom. The highest BCUT2D eigenvalue weighted by atomic mass is 16.7. The smallest absolute Gasteiger partial charge is 0.231 e. The number of fused-ring (bicyclic) bond motifs is 3. The molecule has 0 radical (unpaired) electrons. The van der Waals surface area contributed by atoms with Crippen LogP contribution >= 0.6 is 0 Å². The topological polar surface area (TPSA) is 51.2 Å². The van der Waals surface area contributed by atoms with E-state index < -0.39 is 31.1 Å². The molecular formula is C18H21NO4. The third-order valence-corrected chi connectivity index (χ3v) is 5.56. The van der Waals surface area contributed by atoms with Gasteiger partial charge >= 0.3 is 0 Å². The van der Waals surface area contributed by atoms with Gasteiger partial charge in [-0.2, -0.15) is 0 Å². The summed E-state index contributed by atoms with van der Waals surface area (Å²) in [6.45, 7) is -0.973. The van der Waals surface area contributed by atoms with E-state index in [0.29, 0.717) is 37.3 Å². The Labute approximate surface area is 142 Å². The van der Waals surface area contributed by atoms with Crippen LogP contribution < -0.4 is 9.47 Å². The Morgan fingerprint density at radius 3 is 3.17 bits per heavy atom. The van der Waals surface area contributed by atoms with Gasteiger partial charge in [-0.05, 0) is 55.1 Å². The summed E-state index contributed by atoms with van der Waals surface area (Å²) in [5.74, 6) is 0.658. The van der Waals surface area contributed by atoms with Gasteiger partial charge in [0.15, 0.2) is 11.5 Å². The lowest BCUT2D eigenvalue weighted by molar-refractivity contribution is 0.0782. The normalized spacial score (nSPS) is 40.4. The fourth-order valence-corrected chi connectivity index (χ4v) is 4.56. The van der Waals surface area contributed by atoms with Crippen molar-refractivity contribution in [3.05, 3.63) is 35.1 Å². The highest BCUT2D eigenvalue weighted by Crippen LogP contribution is 2.54. The van der Waals surface area contributed by atoms with Crippen molar-refractivity contribution < 1.29 is 26.2 Å². The van der Waals surface area contributed by atoms with E-state index in [4.69, 9.17) is 21.1 Å². The summed E-state index contributed by atoms with van der Waals surface area (Å²) in [6.07, 6.45) is 1.81. The van der Waals surface area contributed by atoms with Gasteiger partial charge in [0.2, 0.25) is 6.79 Å². The predicted molar refractivity (Wildman–Crippen MR) is 83.6 cm³/mol. The molecule has 3 heterocycles. The van der Waals surface area contributed by atoms with Crippen LogP contribution in [0.25, 0.3) is 0 Å². The van der Waals surface area contributed by atoms with Crippen LogP contribution in [-0.4, -0.2) is 48.5 Å². The van der Waals surface area contributed by atoms with E-state index in [0.717, 1.165) is 11.1 Å². The van der Waals surface area contributed by atoms with Gasteiger partial charge in [-0.25, -0.2) is 0 Å². The molecule has 1 aromatic carbocycles. The van der Waals surface area contributed by atoms with Crippen LogP contribution in [0.2, 0.25) is 0 Å². The van der Waals surface area contributed by atoms with Gasteiger partial charge in [0.05, 0.1) is 16.7 Å². The zero-order chi connectivity index (χ0) is 19.9. The van der Waals surface area contributed by atoms with Crippen molar-refractivity contribution in [2.45, 2.75) is 36.8 Å². The van der Waals surface area contributed by atoms with Crippen LogP contribution in [0.4, 0.5) is 0 Å². The van der Waals surface area contributed by atoms with Gasteiger partial charge in [-0.1, -0.05) is 0 Å².